The highest BCUT2D eigenvalue weighted by Crippen LogP contribution is 2.33. The van der Waals surface area contributed by atoms with Crippen molar-refractivity contribution in [3.63, 3.8) is 0 Å². The molecule has 3 aromatic rings. The Bertz CT molecular complexity index is 1150. The van der Waals surface area contributed by atoms with Gasteiger partial charge in [0.05, 0.1) is 10.9 Å². The molecule has 9 nitrogen and oxygen atoms in total. The van der Waals surface area contributed by atoms with Crippen molar-refractivity contribution in [1.82, 2.24) is 24.7 Å². The van der Waals surface area contributed by atoms with E-state index < -0.39 is 11.7 Å². The number of amides is 1. The molecular weight excluding hydrogens is 406 g/mol. The fourth-order valence-electron chi connectivity index (χ4n) is 3.67. The molecule has 2 atom stereocenters. The second-order valence-corrected chi connectivity index (χ2v) is 8.13. The highest BCUT2D eigenvalue weighted by atomic mass is 19.3. The molecule has 1 aliphatic rings. The van der Waals surface area contributed by atoms with Crippen molar-refractivity contribution in [1.29, 1.82) is 0 Å². The number of aryl methyl sites for hydroxylation is 1. The number of pyridine rings is 1. The van der Waals surface area contributed by atoms with Crippen molar-refractivity contribution in [3.8, 4) is 5.82 Å². The van der Waals surface area contributed by atoms with Crippen LogP contribution in [0.5, 0.6) is 0 Å². The van der Waals surface area contributed by atoms with Crippen LogP contribution in [0.15, 0.2) is 18.3 Å². The summed E-state index contributed by atoms with van der Waals surface area (Å²) in [4.78, 5) is 25.8. The summed E-state index contributed by atoms with van der Waals surface area (Å²) in [6.45, 7) is 7.15. The number of aromatic nitrogens is 5. The summed E-state index contributed by atoms with van der Waals surface area (Å²) in [7, 11) is 0. The maximum atomic E-state index is 14.0. The molecule has 1 amide bonds. The zero-order chi connectivity index (χ0) is 22.5. The Morgan fingerprint density at radius 2 is 2.03 bits per heavy atom. The van der Waals surface area contributed by atoms with Gasteiger partial charge in [0.1, 0.15) is 5.82 Å². The first-order valence-corrected chi connectivity index (χ1v) is 9.94. The molecule has 4 heterocycles. The summed E-state index contributed by atoms with van der Waals surface area (Å²) in [6.07, 6.45) is 1.61. The minimum Gasteiger partial charge on any atom is -0.353 e. The van der Waals surface area contributed by atoms with Crippen molar-refractivity contribution in [2.45, 2.75) is 39.7 Å². The van der Waals surface area contributed by atoms with Crippen LogP contribution in [-0.2, 0) is 10.7 Å². The molecule has 0 bridgehead atoms. The van der Waals surface area contributed by atoms with Crippen LogP contribution in [0.2, 0.25) is 0 Å². The van der Waals surface area contributed by atoms with Crippen molar-refractivity contribution in [2.24, 2.45) is 11.7 Å². The fraction of sp³-hybridized carbons (Fsp3) is 0.450. The molecule has 2 unspecified atom stereocenters. The summed E-state index contributed by atoms with van der Waals surface area (Å²) in [5.41, 5.74) is 7.15. The van der Waals surface area contributed by atoms with E-state index in [-0.39, 0.29) is 23.7 Å². The smallest absolute Gasteiger partial charge is 0.303 e. The van der Waals surface area contributed by atoms with E-state index >= 15 is 0 Å². The highest BCUT2D eigenvalue weighted by molar-refractivity contribution is 5.95. The topological polar surface area (TPSA) is 115 Å². The van der Waals surface area contributed by atoms with E-state index in [1.165, 1.54) is 11.6 Å². The Hall–Kier alpha value is -3.21. The van der Waals surface area contributed by atoms with Gasteiger partial charge in [0.25, 0.3) is 0 Å². The lowest BCUT2D eigenvalue weighted by Gasteiger charge is -2.15. The van der Waals surface area contributed by atoms with E-state index in [2.05, 4.69) is 32.1 Å². The molecule has 0 spiro atoms. The largest absolute Gasteiger partial charge is 0.353 e. The Labute approximate surface area is 177 Å². The van der Waals surface area contributed by atoms with Gasteiger partial charge in [-0.25, -0.2) is 19.6 Å². The third-order valence-corrected chi connectivity index (χ3v) is 5.27. The summed E-state index contributed by atoms with van der Waals surface area (Å²) in [5.74, 6) is -2.62. The lowest BCUT2D eigenvalue weighted by atomic mass is 10.1. The SMILES string of the molecule is CC(=O)Nc1cc2c(cn1)c(N1CC(C)C(N)C1)nn2-c1cc(C)nc(C(C)(F)F)n1. The minimum atomic E-state index is -3.20. The minimum absolute atomic E-state index is 0.00140. The maximum absolute atomic E-state index is 14.0. The van der Waals surface area contributed by atoms with E-state index in [1.807, 2.05) is 0 Å². The van der Waals surface area contributed by atoms with Crippen LogP contribution in [0.25, 0.3) is 16.7 Å². The first-order chi connectivity index (χ1) is 14.5. The number of hydrogen-bond donors (Lipinski definition) is 2. The molecule has 31 heavy (non-hydrogen) atoms. The molecule has 0 aliphatic carbocycles. The normalized spacial score (nSPS) is 19.3. The van der Waals surface area contributed by atoms with Crippen LogP contribution in [-0.4, -0.2) is 49.8 Å². The van der Waals surface area contributed by atoms with Gasteiger partial charge < -0.3 is 16.0 Å². The third kappa shape index (κ3) is 4.05. The number of fused-ring (bicyclic) bond motifs is 1. The molecule has 11 heteroatoms. The molecule has 4 rings (SSSR count). The predicted octanol–water partition coefficient (Wildman–Crippen LogP) is 2.37. The van der Waals surface area contributed by atoms with Gasteiger partial charge in [0.15, 0.2) is 11.6 Å². The molecule has 3 aromatic heterocycles. The Morgan fingerprint density at radius 3 is 2.65 bits per heavy atom. The van der Waals surface area contributed by atoms with Gasteiger partial charge in [-0.2, -0.15) is 8.78 Å². The van der Waals surface area contributed by atoms with Gasteiger partial charge in [0, 0.05) is 57.0 Å². The number of rotatable bonds is 4. The quantitative estimate of drug-likeness (QED) is 0.653. The fourth-order valence-corrected chi connectivity index (χ4v) is 3.67. The Balaban J connectivity index is 1.92. The van der Waals surface area contributed by atoms with Gasteiger partial charge >= 0.3 is 5.92 Å². The van der Waals surface area contributed by atoms with Gasteiger partial charge in [-0.15, -0.1) is 5.10 Å². The summed E-state index contributed by atoms with van der Waals surface area (Å²) < 4.78 is 29.4. The van der Waals surface area contributed by atoms with Crippen LogP contribution in [0.3, 0.4) is 0 Å². The molecule has 1 aliphatic heterocycles. The van der Waals surface area contributed by atoms with Gasteiger partial charge in [-0.3, -0.25) is 4.79 Å². The first-order valence-electron chi connectivity index (χ1n) is 9.94. The molecule has 164 valence electrons. The zero-order valence-electron chi connectivity index (χ0n) is 17.7. The predicted molar refractivity (Wildman–Crippen MR) is 112 cm³/mol. The Morgan fingerprint density at radius 1 is 1.29 bits per heavy atom. The van der Waals surface area contributed by atoms with Gasteiger partial charge in [-0.05, 0) is 12.8 Å². The number of nitrogens with zero attached hydrogens (tertiary/aromatic N) is 6. The number of nitrogens with two attached hydrogens (primary N) is 1. The average molecular weight is 430 g/mol. The summed E-state index contributed by atoms with van der Waals surface area (Å²) >= 11 is 0. The van der Waals surface area contributed by atoms with Crippen LogP contribution < -0.4 is 16.0 Å². The summed E-state index contributed by atoms with van der Waals surface area (Å²) in [6, 6.07) is 3.23. The van der Waals surface area contributed by atoms with E-state index in [0.717, 1.165) is 6.92 Å². The van der Waals surface area contributed by atoms with Crippen molar-refractivity contribution in [3.05, 3.63) is 29.8 Å². The van der Waals surface area contributed by atoms with Crippen LogP contribution in [0.1, 0.15) is 32.3 Å². The number of carbonyl (C=O) groups excluding carboxylic acids is 1. The van der Waals surface area contributed by atoms with Crippen molar-refractivity contribution >= 4 is 28.4 Å². The number of nitrogens with one attached hydrogen (secondary N) is 1. The lowest BCUT2D eigenvalue weighted by molar-refractivity contribution is -0.114. The third-order valence-electron chi connectivity index (χ3n) is 5.27. The number of halogens is 2. The molecule has 3 N–H and O–H groups in total. The zero-order valence-corrected chi connectivity index (χ0v) is 17.7. The summed E-state index contributed by atoms with van der Waals surface area (Å²) in [5, 5.41) is 8.04. The van der Waals surface area contributed by atoms with Gasteiger partial charge in [0.2, 0.25) is 11.7 Å². The van der Waals surface area contributed by atoms with E-state index in [1.54, 1.807) is 25.3 Å². The van der Waals surface area contributed by atoms with Crippen LogP contribution in [0, 0.1) is 12.8 Å². The van der Waals surface area contributed by atoms with Crippen molar-refractivity contribution < 1.29 is 13.6 Å². The second-order valence-electron chi connectivity index (χ2n) is 8.13. The Kier molecular flexibility index (Phi) is 5.08. The molecule has 1 fully saturated rings. The lowest BCUT2D eigenvalue weighted by Crippen LogP contribution is -2.28. The number of hydrogen-bond acceptors (Lipinski definition) is 7. The molecule has 0 aromatic carbocycles. The monoisotopic (exact) mass is 430 g/mol. The number of anilines is 2. The number of alkyl halides is 2. The van der Waals surface area contributed by atoms with E-state index in [9.17, 15) is 13.6 Å². The van der Waals surface area contributed by atoms with Gasteiger partial charge in [-0.1, -0.05) is 6.92 Å². The maximum Gasteiger partial charge on any atom is 0.303 e. The molecule has 1 saturated heterocycles. The average Bonchev–Trinajstić information content (AvgIpc) is 3.20. The number of carbonyl (C=O) groups is 1. The van der Waals surface area contributed by atoms with Crippen LogP contribution >= 0.6 is 0 Å². The molecule has 0 saturated carbocycles. The first kappa shape index (κ1) is 21.0. The molecular formula is C20H24F2N8O. The van der Waals surface area contributed by atoms with Crippen LogP contribution in [0.4, 0.5) is 20.4 Å². The van der Waals surface area contributed by atoms with E-state index in [0.29, 0.717) is 41.3 Å². The standard InChI is InChI=1S/C20H24F2N8O/c1-10-8-29(9-14(10)23)18-13-7-24-16(26-12(3)31)6-15(13)30(28-18)17-5-11(2)25-19(27-17)20(4,21)22/h5-7,10,14H,8-9,23H2,1-4H3,(H,24,26,31). The van der Waals surface area contributed by atoms with E-state index in [4.69, 9.17) is 10.8 Å². The molecule has 0 radical (unpaired) electrons. The highest BCUT2D eigenvalue weighted by Gasteiger charge is 2.32. The van der Waals surface area contributed by atoms with Crippen molar-refractivity contribution in [2.75, 3.05) is 23.3 Å². The second kappa shape index (κ2) is 7.49.